The average Bonchev–Trinajstić information content (AvgIpc) is 3.49. The van der Waals surface area contributed by atoms with Gasteiger partial charge in [0.05, 0.1) is 37.1 Å². The van der Waals surface area contributed by atoms with E-state index in [-0.39, 0.29) is 5.54 Å². The van der Waals surface area contributed by atoms with Crippen LogP contribution in [0.1, 0.15) is 49.4 Å². The van der Waals surface area contributed by atoms with Crippen LogP contribution in [0, 0.1) is 0 Å². The predicted molar refractivity (Wildman–Crippen MR) is 157 cm³/mol. The van der Waals surface area contributed by atoms with Crippen LogP contribution in [0.5, 0.6) is 6.01 Å². The highest BCUT2D eigenvalue weighted by atomic mass is 16.5. The third-order valence-electron chi connectivity index (χ3n) is 9.54. The lowest BCUT2D eigenvalue weighted by Crippen LogP contribution is -2.43. The van der Waals surface area contributed by atoms with Crippen LogP contribution in [0.2, 0.25) is 0 Å². The van der Waals surface area contributed by atoms with E-state index in [1.165, 1.54) is 66.4 Å². The van der Waals surface area contributed by atoms with Crippen molar-refractivity contribution in [2.75, 3.05) is 62.3 Å². The fourth-order valence-corrected chi connectivity index (χ4v) is 7.52. The highest BCUT2D eigenvalue weighted by molar-refractivity contribution is 5.97. The number of aromatic nitrogens is 2. The number of aryl methyl sites for hydroxylation is 1. The molecule has 2 aromatic carbocycles. The standard InChI is InChI=1S/C32H41N5O3/c1-2-23-7-3-8-24-9-4-10-28(29(23)24)35-16-11-26-27(20-35)33-31(34-30(26)36-17-18-39-21-25(38)19-36)40-22-32-12-5-14-37(32)15-6-13-32/h3-4,7-10,25,38H,2,5-6,11-22H2,1H3. The van der Waals surface area contributed by atoms with Gasteiger partial charge >= 0.3 is 6.01 Å². The molecule has 4 aliphatic rings. The third kappa shape index (κ3) is 4.70. The number of fused-ring (bicyclic) bond motifs is 3. The Kier molecular flexibility index (Phi) is 7.02. The maximum atomic E-state index is 10.5. The maximum absolute atomic E-state index is 10.5. The van der Waals surface area contributed by atoms with Crippen molar-refractivity contribution in [3.8, 4) is 6.01 Å². The molecular weight excluding hydrogens is 502 g/mol. The van der Waals surface area contributed by atoms with Crippen LogP contribution in [-0.2, 0) is 24.1 Å². The van der Waals surface area contributed by atoms with Crippen LogP contribution < -0.4 is 14.5 Å². The smallest absolute Gasteiger partial charge is 0.318 e. The first-order valence-electron chi connectivity index (χ1n) is 15.2. The molecule has 40 heavy (non-hydrogen) atoms. The molecule has 0 amide bonds. The van der Waals surface area contributed by atoms with Crippen molar-refractivity contribution in [2.24, 2.45) is 0 Å². The van der Waals surface area contributed by atoms with E-state index in [0.29, 0.717) is 45.5 Å². The van der Waals surface area contributed by atoms with E-state index < -0.39 is 6.10 Å². The van der Waals surface area contributed by atoms with Gasteiger partial charge in [0.2, 0.25) is 0 Å². The molecule has 0 spiro atoms. The van der Waals surface area contributed by atoms with Crippen molar-refractivity contribution < 1.29 is 14.6 Å². The second-order valence-corrected chi connectivity index (χ2v) is 12.0. The Morgan fingerprint density at radius 2 is 1.85 bits per heavy atom. The summed E-state index contributed by atoms with van der Waals surface area (Å²) in [6.45, 7) is 8.97. The number of hydrogen-bond donors (Lipinski definition) is 1. The average molecular weight is 544 g/mol. The summed E-state index contributed by atoms with van der Waals surface area (Å²) in [5.41, 5.74) is 4.99. The van der Waals surface area contributed by atoms with Crippen molar-refractivity contribution in [3.05, 3.63) is 53.2 Å². The van der Waals surface area contributed by atoms with Gasteiger partial charge in [-0.15, -0.1) is 0 Å². The van der Waals surface area contributed by atoms with Gasteiger partial charge in [-0.05, 0) is 68.6 Å². The first-order chi connectivity index (χ1) is 19.6. The fraction of sp³-hybridized carbons (Fsp3) is 0.562. The second-order valence-electron chi connectivity index (χ2n) is 12.0. The molecule has 8 nitrogen and oxygen atoms in total. The Hall–Kier alpha value is -2.94. The van der Waals surface area contributed by atoms with Gasteiger partial charge in [0, 0.05) is 36.3 Å². The molecule has 0 saturated carbocycles. The number of rotatable bonds is 6. The van der Waals surface area contributed by atoms with Crippen LogP contribution in [-0.4, -0.2) is 84.2 Å². The number of aliphatic hydroxyl groups excluding tert-OH is 1. The largest absolute Gasteiger partial charge is 0.461 e. The van der Waals surface area contributed by atoms with E-state index in [1.54, 1.807) is 0 Å². The molecule has 7 rings (SSSR count). The van der Waals surface area contributed by atoms with Crippen molar-refractivity contribution in [1.29, 1.82) is 0 Å². The molecule has 3 saturated heterocycles. The molecule has 1 atom stereocenters. The highest BCUT2D eigenvalue weighted by Crippen LogP contribution is 2.40. The SMILES string of the molecule is CCc1cccc2cccc(N3CCc4c(nc(OCC56CCCN5CCC6)nc4N4CCOCC(O)C4)C3)c12. The van der Waals surface area contributed by atoms with E-state index >= 15 is 0 Å². The monoisotopic (exact) mass is 543 g/mol. The topological polar surface area (TPSA) is 74.2 Å². The molecule has 1 aromatic heterocycles. The highest BCUT2D eigenvalue weighted by Gasteiger charge is 2.45. The Balaban J connectivity index is 1.24. The first-order valence-corrected chi connectivity index (χ1v) is 15.2. The number of anilines is 2. The number of aliphatic hydroxyl groups is 1. The Labute approximate surface area is 236 Å². The van der Waals surface area contributed by atoms with Gasteiger partial charge in [0.1, 0.15) is 12.4 Å². The van der Waals surface area contributed by atoms with E-state index in [9.17, 15) is 5.11 Å². The van der Waals surface area contributed by atoms with Crippen molar-refractivity contribution in [3.63, 3.8) is 0 Å². The molecule has 0 aliphatic carbocycles. The van der Waals surface area contributed by atoms with Crippen molar-refractivity contribution in [2.45, 2.75) is 63.6 Å². The quantitative estimate of drug-likeness (QED) is 0.501. The van der Waals surface area contributed by atoms with Crippen molar-refractivity contribution in [1.82, 2.24) is 14.9 Å². The molecular formula is C32H41N5O3. The van der Waals surface area contributed by atoms with Gasteiger partial charge in [-0.2, -0.15) is 9.97 Å². The zero-order valence-corrected chi connectivity index (χ0v) is 23.6. The third-order valence-corrected chi connectivity index (χ3v) is 9.54. The number of nitrogens with zero attached hydrogens (tertiary/aromatic N) is 5. The summed E-state index contributed by atoms with van der Waals surface area (Å²) in [6, 6.07) is 13.7. The van der Waals surface area contributed by atoms with Gasteiger partial charge in [0.15, 0.2) is 0 Å². The minimum absolute atomic E-state index is 0.137. The summed E-state index contributed by atoms with van der Waals surface area (Å²) in [5, 5.41) is 13.2. The Morgan fingerprint density at radius 1 is 1.02 bits per heavy atom. The molecule has 8 heteroatoms. The molecule has 1 unspecified atom stereocenters. The normalized spacial score (nSPS) is 22.8. The van der Waals surface area contributed by atoms with E-state index in [2.05, 4.69) is 58.0 Å². The molecule has 0 radical (unpaired) electrons. The van der Waals surface area contributed by atoms with E-state index in [4.69, 9.17) is 19.4 Å². The number of β-amino-alcohol motifs (C(OH)–C–C–N with tert-alkyl or cyclic N) is 1. The minimum atomic E-state index is -0.537. The zero-order chi connectivity index (χ0) is 27.1. The molecule has 3 aromatic rings. The van der Waals surface area contributed by atoms with Crippen LogP contribution in [0.25, 0.3) is 10.8 Å². The van der Waals surface area contributed by atoms with Crippen molar-refractivity contribution >= 4 is 22.3 Å². The lowest BCUT2D eigenvalue weighted by molar-refractivity contribution is 0.0597. The predicted octanol–water partition coefficient (Wildman–Crippen LogP) is 3.96. The van der Waals surface area contributed by atoms with E-state index in [0.717, 1.165) is 30.9 Å². The Bertz CT molecular complexity index is 1360. The summed E-state index contributed by atoms with van der Waals surface area (Å²) in [6.07, 6.45) is 6.17. The van der Waals surface area contributed by atoms with Gasteiger partial charge < -0.3 is 24.4 Å². The van der Waals surface area contributed by atoms with Crippen LogP contribution in [0.3, 0.4) is 0 Å². The zero-order valence-electron chi connectivity index (χ0n) is 23.6. The van der Waals surface area contributed by atoms with Crippen LogP contribution >= 0.6 is 0 Å². The summed E-state index contributed by atoms with van der Waals surface area (Å²) < 4.78 is 12.1. The van der Waals surface area contributed by atoms with Gasteiger partial charge in [-0.1, -0.05) is 37.3 Å². The summed E-state index contributed by atoms with van der Waals surface area (Å²) in [7, 11) is 0. The lowest BCUT2D eigenvalue weighted by atomic mass is 9.95. The molecule has 1 N–H and O–H groups in total. The summed E-state index contributed by atoms with van der Waals surface area (Å²) in [4.78, 5) is 17.4. The number of hydrogen-bond acceptors (Lipinski definition) is 8. The Morgan fingerprint density at radius 3 is 2.67 bits per heavy atom. The molecule has 3 fully saturated rings. The molecule has 0 bridgehead atoms. The minimum Gasteiger partial charge on any atom is -0.461 e. The number of ether oxygens (including phenoxy) is 2. The van der Waals surface area contributed by atoms with Crippen LogP contribution in [0.15, 0.2) is 36.4 Å². The lowest BCUT2D eigenvalue weighted by Gasteiger charge is -2.35. The summed E-state index contributed by atoms with van der Waals surface area (Å²) >= 11 is 0. The maximum Gasteiger partial charge on any atom is 0.318 e. The molecule has 212 valence electrons. The van der Waals surface area contributed by atoms with Gasteiger partial charge in [-0.25, -0.2) is 0 Å². The van der Waals surface area contributed by atoms with Crippen LogP contribution in [0.4, 0.5) is 11.5 Å². The van der Waals surface area contributed by atoms with Gasteiger partial charge in [-0.3, -0.25) is 4.90 Å². The van der Waals surface area contributed by atoms with Gasteiger partial charge in [0.25, 0.3) is 0 Å². The molecule has 4 aliphatic heterocycles. The summed E-state index contributed by atoms with van der Waals surface area (Å²) in [5.74, 6) is 0.906. The number of benzene rings is 2. The van der Waals surface area contributed by atoms with E-state index in [1.807, 2.05) is 0 Å². The first kappa shape index (κ1) is 26.0. The fourth-order valence-electron chi connectivity index (χ4n) is 7.52. The molecule has 5 heterocycles. The second kappa shape index (κ2) is 10.8.